The third kappa shape index (κ3) is 5.72. The molecule has 0 amide bonds. The zero-order valence-corrected chi connectivity index (χ0v) is 14.5. The van der Waals surface area contributed by atoms with E-state index in [9.17, 15) is 0 Å². The maximum absolute atomic E-state index is 6.09. The number of aryl methyl sites for hydroxylation is 1. The average Bonchev–Trinajstić information content (AvgIpc) is 2.50. The average molecular weight is 368 g/mol. The molecule has 2 rings (SSSR count). The van der Waals surface area contributed by atoms with Crippen LogP contribution in [0.4, 0.5) is 0 Å². The Morgan fingerprint density at radius 3 is 2.33 bits per heavy atom. The van der Waals surface area contributed by atoms with Gasteiger partial charge in [0.05, 0.1) is 6.61 Å². The lowest BCUT2D eigenvalue weighted by atomic mass is 9.97. The molecule has 0 saturated heterocycles. The van der Waals surface area contributed by atoms with Crippen molar-refractivity contribution in [2.45, 2.75) is 19.8 Å². The van der Waals surface area contributed by atoms with Crippen LogP contribution in [0.25, 0.3) is 0 Å². The van der Waals surface area contributed by atoms with Gasteiger partial charge in [-0.25, -0.2) is 0 Å². The van der Waals surface area contributed by atoms with Crippen molar-refractivity contribution in [1.29, 1.82) is 0 Å². The number of hydrogen-bond donors (Lipinski definition) is 0. The van der Waals surface area contributed by atoms with Gasteiger partial charge in [0.2, 0.25) is 0 Å². The lowest BCUT2D eigenvalue weighted by Gasteiger charge is -2.15. The molecule has 112 valence electrons. The molecule has 0 fully saturated rings. The highest BCUT2D eigenvalue weighted by Crippen LogP contribution is 2.18. The van der Waals surface area contributed by atoms with Crippen LogP contribution in [0, 0.1) is 12.8 Å². The van der Waals surface area contributed by atoms with Gasteiger partial charge < -0.3 is 4.74 Å². The van der Waals surface area contributed by atoms with Crippen LogP contribution < -0.4 is 4.74 Å². The molecule has 1 unspecified atom stereocenters. The number of hydrogen-bond acceptors (Lipinski definition) is 1. The van der Waals surface area contributed by atoms with Gasteiger partial charge in [0.25, 0.3) is 0 Å². The fourth-order valence-electron chi connectivity index (χ4n) is 2.17. The summed E-state index contributed by atoms with van der Waals surface area (Å²) in [4.78, 5) is 0. The predicted octanol–water partition coefficient (Wildman–Crippen LogP) is 5.62. The standard InChI is InChI=1S/C18H20BrClO/c1-14-2-4-15(5-3-14)12-16(13-20)10-11-21-18-8-6-17(19)7-9-18/h2-9,16H,10-13H2,1H3. The highest BCUT2D eigenvalue weighted by atomic mass is 79.9. The molecule has 0 aliphatic rings. The Bertz CT molecular complexity index is 536. The molecule has 2 aromatic rings. The summed E-state index contributed by atoms with van der Waals surface area (Å²) in [5.74, 6) is 2.02. The molecule has 3 heteroatoms. The summed E-state index contributed by atoms with van der Waals surface area (Å²) in [7, 11) is 0. The van der Waals surface area contributed by atoms with Crippen molar-refractivity contribution in [3.05, 3.63) is 64.1 Å². The molecule has 0 spiro atoms. The lowest BCUT2D eigenvalue weighted by molar-refractivity contribution is 0.284. The summed E-state index contributed by atoms with van der Waals surface area (Å²) >= 11 is 9.51. The maximum atomic E-state index is 6.09. The smallest absolute Gasteiger partial charge is 0.119 e. The summed E-state index contributed by atoms with van der Waals surface area (Å²) in [5, 5.41) is 0. The van der Waals surface area contributed by atoms with Gasteiger partial charge in [0, 0.05) is 10.4 Å². The van der Waals surface area contributed by atoms with E-state index >= 15 is 0 Å². The summed E-state index contributed by atoms with van der Waals surface area (Å²) < 4.78 is 6.83. The van der Waals surface area contributed by atoms with Gasteiger partial charge in [-0.15, -0.1) is 11.6 Å². The molecular formula is C18H20BrClO. The van der Waals surface area contributed by atoms with Crippen LogP contribution in [0.2, 0.25) is 0 Å². The number of benzene rings is 2. The number of alkyl halides is 1. The molecule has 0 aliphatic carbocycles. The summed E-state index contributed by atoms with van der Waals surface area (Å²) in [6, 6.07) is 16.6. The molecule has 0 saturated carbocycles. The van der Waals surface area contributed by atoms with Gasteiger partial charge in [0.1, 0.15) is 5.75 Å². The predicted molar refractivity (Wildman–Crippen MR) is 93.3 cm³/mol. The quantitative estimate of drug-likeness (QED) is 0.577. The Morgan fingerprint density at radius 1 is 1.05 bits per heavy atom. The van der Waals surface area contributed by atoms with E-state index in [-0.39, 0.29) is 0 Å². The fourth-order valence-corrected chi connectivity index (χ4v) is 2.69. The van der Waals surface area contributed by atoms with Crippen molar-refractivity contribution in [2.75, 3.05) is 12.5 Å². The molecule has 0 aromatic heterocycles. The first-order valence-electron chi connectivity index (χ1n) is 7.17. The van der Waals surface area contributed by atoms with E-state index in [1.807, 2.05) is 24.3 Å². The first-order chi connectivity index (χ1) is 10.2. The van der Waals surface area contributed by atoms with E-state index < -0.39 is 0 Å². The minimum atomic E-state index is 0.449. The maximum Gasteiger partial charge on any atom is 0.119 e. The van der Waals surface area contributed by atoms with E-state index in [2.05, 4.69) is 47.1 Å². The molecule has 0 bridgehead atoms. The molecule has 0 heterocycles. The molecule has 21 heavy (non-hydrogen) atoms. The third-order valence-corrected chi connectivity index (χ3v) is 4.44. The first-order valence-corrected chi connectivity index (χ1v) is 8.50. The minimum Gasteiger partial charge on any atom is -0.494 e. The zero-order valence-electron chi connectivity index (χ0n) is 12.2. The Morgan fingerprint density at radius 2 is 1.71 bits per heavy atom. The SMILES string of the molecule is Cc1ccc(CC(CCl)CCOc2ccc(Br)cc2)cc1. The van der Waals surface area contributed by atoms with Crippen LogP contribution in [0.3, 0.4) is 0 Å². The molecule has 2 aromatic carbocycles. The lowest BCUT2D eigenvalue weighted by Crippen LogP contribution is -2.11. The van der Waals surface area contributed by atoms with Crippen LogP contribution in [-0.2, 0) is 6.42 Å². The Hall–Kier alpha value is -0.990. The molecular weight excluding hydrogens is 348 g/mol. The zero-order chi connectivity index (χ0) is 15.1. The normalized spacial score (nSPS) is 12.1. The van der Waals surface area contributed by atoms with Crippen LogP contribution in [-0.4, -0.2) is 12.5 Å². The molecule has 0 N–H and O–H groups in total. The topological polar surface area (TPSA) is 9.23 Å². The first kappa shape index (κ1) is 16.4. The van der Waals surface area contributed by atoms with Crippen LogP contribution in [0.5, 0.6) is 5.75 Å². The van der Waals surface area contributed by atoms with Crippen molar-refractivity contribution in [3.8, 4) is 5.75 Å². The fraction of sp³-hybridized carbons (Fsp3) is 0.333. The molecule has 1 atom stereocenters. The van der Waals surface area contributed by atoms with Crippen molar-refractivity contribution in [3.63, 3.8) is 0 Å². The monoisotopic (exact) mass is 366 g/mol. The van der Waals surface area contributed by atoms with Crippen LogP contribution in [0.1, 0.15) is 17.5 Å². The van der Waals surface area contributed by atoms with Gasteiger partial charge in [-0.3, -0.25) is 0 Å². The van der Waals surface area contributed by atoms with Crippen LogP contribution in [0.15, 0.2) is 53.0 Å². The van der Waals surface area contributed by atoms with Crippen molar-refractivity contribution in [1.82, 2.24) is 0 Å². The van der Waals surface area contributed by atoms with Crippen molar-refractivity contribution < 1.29 is 4.74 Å². The van der Waals surface area contributed by atoms with E-state index in [0.717, 1.165) is 23.1 Å². The second kappa shape index (κ2) is 8.45. The molecule has 0 radical (unpaired) electrons. The van der Waals surface area contributed by atoms with Crippen molar-refractivity contribution >= 4 is 27.5 Å². The third-order valence-electron chi connectivity index (χ3n) is 3.47. The van der Waals surface area contributed by atoms with E-state index in [4.69, 9.17) is 16.3 Å². The van der Waals surface area contributed by atoms with E-state index in [1.165, 1.54) is 11.1 Å². The summed E-state index contributed by atoms with van der Waals surface area (Å²) in [5.41, 5.74) is 2.63. The van der Waals surface area contributed by atoms with Crippen molar-refractivity contribution in [2.24, 2.45) is 5.92 Å². The Labute approximate surface area is 140 Å². The Kier molecular flexibility index (Phi) is 6.59. The van der Waals surface area contributed by atoms with Gasteiger partial charge in [-0.1, -0.05) is 45.8 Å². The summed E-state index contributed by atoms with van der Waals surface area (Å²) in [6.07, 6.45) is 1.97. The highest BCUT2D eigenvalue weighted by molar-refractivity contribution is 9.10. The Balaban J connectivity index is 1.79. The molecule has 0 aliphatic heterocycles. The molecule has 1 nitrogen and oxygen atoms in total. The van der Waals surface area contributed by atoms with Gasteiger partial charge in [-0.2, -0.15) is 0 Å². The van der Waals surface area contributed by atoms with Gasteiger partial charge in [-0.05, 0) is 55.5 Å². The van der Waals surface area contributed by atoms with E-state index in [0.29, 0.717) is 18.4 Å². The second-order valence-electron chi connectivity index (χ2n) is 5.30. The number of rotatable bonds is 7. The van der Waals surface area contributed by atoms with Gasteiger partial charge >= 0.3 is 0 Å². The number of ether oxygens (including phenoxy) is 1. The number of halogens is 2. The highest BCUT2D eigenvalue weighted by Gasteiger charge is 2.09. The van der Waals surface area contributed by atoms with Gasteiger partial charge in [0.15, 0.2) is 0 Å². The minimum absolute atomic E-state index is 0.449. The largest absolute Gasteiger partial charge is 0.494 e. The van der Waals surface area contributed by atoms with E-state index in [1.54, 1.807) is 0 Å². The second-order valence-corrected chi connectivity index (χ2v) is 6.53. The summed E-state index contributed by atoms with van der Waals surface area (Å²) in [6.45, 7) is 2.81. The van der Waals surface area contributed by atoms with Crippen LogP contribution >= 0.6 is 27.5 Å².